The number of aliphatic hydroxyl groups excluding tert-OH is 1. The lowest BCUT2D eigenvalue weighted by Crippen LogP contribution is -2.28. The molecule has 0 radical (unpaired) electrons. The number of thiol groups is 1. The quantitative estimate of drug-likeness (QED) is 0.132. The van der Waals surface area contributed by atoms with Gasteiger partial charge in [-0.05, 0) is 74.2 Å². The number of nitrogens with zero attached hydrogens (tertiary/aromatic N) is 3. The number of anilines is 4. The number of benzene rings is 3. The molecule has 4 aromatic rings. The number of ether oxygens (including phenoxy) is 1. The smallest absolute Gasteiger partial charge is 0.441 e. The number of carbonyl (C=O) groups is 2. The molecule has 2 amide bonds. The highest BCUT2D eigenvalue weighted by molar-refractivity contribution is 7.75. The first kappa shape index (κ1) is 31.5. The summed E-state index contributed by atoms with van der Waals surface area (Å²) in [5, 5.41) is 18.6. The molecule has 1 heterocycles. The van der Waals surface area contributed by atoms with Crippen molar-refractivity contribution in [2.24, 2.45) is 4.36 Å². The fraction of sp³-hybridized carbons (Fsp3) is 0.250. The third-order valence-electron chi connectivity index (χ3n) is 7.27. The Kier molecular flexibility index (Phi) is 9.69. The predicted octanol–water partition coefficient (Wildman–Crippen LogP) is 5.67. The molecule has 0 bridgehead atoms. The van der Waals surface area contributed by atoms with Crippen molar-refractivity contribution < 1.29 is 28.0 Å². The van der Waals surface area contributed by atoms with Crippen molar-refractivity contribution in [2.45, 2.75) is 43.0 Å². The molecule has 234 valence electrons. The number of aromatic nitrogens is 2. The van der Waals surface area contributed by atoms with E-state index in [2.05, 4.69) is 30.3 Å². The van der Waals surface area contributed by atoms with E-state index in [0.717, 1.165) is 5.56 Å². The zero-order chi connectivity index (χ0) is 32.0. The number of amides is 2. The number of aliphatic hydroxyl groups is 1. The molecule has 1 aliphatic rings. The second kappa shape index (κ2) is 13.8. The van der Waals surface area contributed by atoms with Crippen molar-refractivity contribution in [3.8, 4) is 11.1 Å². The molecule has 1 fully saturated rings. The van der Waals surface area contributed by atoms with Crippen LogP contribution >= 0.6 is 0 Å². The Balaban J connectivity index is 1.34. The maximum Gasteiger partial charge on any atom is 0.441 e. The van der Waals surface area contributed by atoms with Crippen molar-refractivity contribution in [1.82, 2.24) is 9.97 Å². The van der Waals surface area contributed by atoms with Gasteiger partial charge in [-0.3, -0.25) is 4.79 Å². The van der Waals surface area contributed by atoms with Crippen LogP contribution in [0.15, 0.2) is 88.3 Å². The molecule has 1 aromatic heterocycles. The van der Waals surface area contributed by atoms with Gasteiger partial charge in [0.15, 0.2) is 0 Å². The van der Waals surface area contributed by atoms with Crippen molar-refractivity contribution in [3.05, 3.63) is 90.4 Å². The van der Waals surface area contributed by atoms with Crippen LogP contribution in [0.3, 0.4) is 0 Å². The number of halogens is 1. The van der Waals surface area contributed by atoms with Crippen molar-refractivity contribution in [2.75, 3.05) is 29.2 Å². The fourth-order valence-electron chi connectivity index (χ4n) is 4.68. The van der Waals surface area contributed by atoms with E-state index in [1.165, 1.54) is 18.3 Å². The summed E-state index contributed by atoms with van der Waals surface area (Å²) in [6, 6.07) is 20.0. The fourth-order valence-corrected chi connectivity index (χ4v) is 5.41. The lowest BCUT2D eigenvalue weighted by atomic mass is 9.95. The first-order valence-electron chi connectivity index (χ1n) is 14.4. The van der Waals surface area contributed by atoms with E-state index in [0.29, 0.717) is 40.4 Å². The first-order valence-corrected chi connectivity index (χ1v) is 15.6. The second-order valence-corrected chi connectivity index (χ2v) is 11.8. The van der Waals surface area contributed by atoms with E-state index < -0.39 is 27.9 Å². The molecule has 2 unspecified atom stereocenters. The van der Waals surface area contributed by atoms with Gasteiger partial charge in [-0.1, -0.05) is 36.4 Å². The Bertz CT molecular complexity index is 1780. The molecule has 0 aliphatic heterocycles. The Morgan fingerprint density at radius 1 is 1.11 bits per heavy atom. The zero-order valence-electron chi connectivity index (χ0n) is 24.7. The summed E-state index contributed by atoms with van der Waals surface area (Å²) >= 11 is 0. The molecule has 13 heteroatoms. The van der Waals surface area contributed by atoms with Crippen LogP contribution in [0.4, 0.5) is 32.3 Å². The number of nitrogens with one attached hydrogen (secondary N) is 3. The summed E-state index contributed by atoms with van der Waals surface area (Å²) < 4.78 is 35.9. The van der Waals surface area contributed by atoms with E-state index in [4.69, 9.17) is 4.74 Å². The summed E-state index contributed by atoms with van der Waals surface area (Å²) in [6.07, 6.45) is 2.04. The number of carbonyl (C=O) groups excluding carboxylic acids is 2. The molecule has 11 nitrogen and oxygen atoms in total. The van der Waals surface area contributed by atoms with Crippen molar-refractivity contribution in [3.63, 3.8) is 0 Å². The molecule has 0 spiro atoms. The maximum absolute atomic E-state index is 15.4. The van der Waals surface area contributed by atoms with Crippen LogP contribution in [0.2, 0.25) is 0 Å². The van der Waals surface area contributed by atoms with Crippen LogP contribution in [-0.2, 0) is 25.5 Å². The van der Waals surface area contributed by atoms with Gasteiger partial charge in [-0.25, -0.2) is 18.4 Å². The summed E-state index contributed by atoms with van der Waals surface area (Å²) in [4.78, 5) is 33.9. The van der Waals surface area contributed by atoms with Crippen LogP contribution in [0.1, 0.15) is 32.3 Å². The van der Waals surface area contributed by atoms with Gasteiger partial charge in [-0.2, -0.15) is 4.98 Å². The van der Waals surface area contributed by atoms with Crippen molar-refractivity contribution >= 4 is 45.7 Å². The summed E-state index contributed by atoms with van der Waals surface area (Å²) in [7, 11) is -2.32. The van der Waals surface area contributed by atoms with Crippen LogP contribution in [0.25, 0.3) is 11.1 Å². The summed E-state index contributed by atoms with van der Waals surface area (Å²) in [5.41, 5.74) is 1.86. The first-order chi connectivity index (χ1) is 21.7. The van der Waals surface area contributed by atoms with Gasteiger partial charge in [-0.15, -0.1) is 4.36 Å². The largest absolute Gasteiger partial charge is 0.448 e. The highest BCUT2D eigenvalue weighted by Gasteiger charge is 2.51. The Morgan fingerprint density at radius 3 is 2.49 bits per heavy atom. The van der Waals surface area contributed by atoms with Gasteiger partial charge in [0, 0.05) is 28.4 Å². The third-order valence-corrected chi connectivity index (χ3v) is 8.35. The number of rotatable bonds is 11. The minimum atomic E-state index is -2.32. The van der Waals surface area contributed by atoms with Crippen LogP contribution < -0.4 is 16.0 Å². The van der Waals surface area contributed by atoms with Gasteiger partial charge >= 0.3 is 6.09 Å². The highest BCUT2D eigenvalue weighted by atomic mass is 32.2. The molecule has 4 N–H and O–H groups in total. The topological polar surface area (TPSA) is 155 Å². The molecular weight excluding hydrogens is 599 g/mol. The molecule has 1 aliphatic carbocycles. The maximum atomic E-state index is 15.4. The van der Waals surface area contributed by atoms with E-state index in [9.17, 15) is 18.9 Å². The summed E-state index contributed by atoms with van der Waals surface area (Å²) in [5.74, 6) is -0.299. The van der Waals surface area contributed by atoms with Gasteiger partial charge in [0.2, 0.25) is 11.9 Å². The average molecular weight is 633 g/mol. The predicted molar refractivity (Wildman–Crippen MR) is 171 cm³/mol. The second-order valence-electron chi connectivity index (χ2n) is 10.5. The van der Waals surface area contributed by atoms with Crippen LogP contribution in [-0.4, -0.2) is 50.5 Å². The SMILES string of the molecule is CCOC(=O)N=[SH](=O)c1ccc(Nc2ncc(-c3ccc(NC(=O)C4(c5ccccc5)CC4)c(F)c3)c(NC(C)CO)n2)cc1. The molecule has 1 saturated carbocycles. The molecular formula is C32H33FN6O5S. The zero-order valence-corrected chi connectivity index (χ0v) is 25.6. The normalized spacial score (nSPS) is 14.7. The van der Waals surface area contributed by atoms with E-state index in [-0.39, 0.29) is 36.8 Å². The average Bonchev–Trinajstić information content (AvgIpc) is 3.85. The number of hydrogen-bond acceptors (Lipinski definition) is 9. The minimum Gasteiger partial charge on any atom is -0.448 e. The Hall–Kier alpha value is -4.88. The van der Waals surface area contributed by atoms with Crippen LogP contribution in [0, 0.1) is 5.82 Å². The van der Waals surface area contributed by atoms with Gasteiger partial charge in [0.25, 0.3) is 0 Å². The third kappa shape index (κ3) is 7.44. The van der Waals surface area contributed by atoms with Gasteiger partial charge in [0.05, 0.1) is 34.9 Å². The van der Waals surface area contributed by atoms with E-state index in [1.54, 1.807) is 44.2 Å². The molecule has 0 saturated heterocycles. The molecule has 45 heavy (non-hydrogen) atoms. The van der Waals surface area contributed by atoms with E-state index in [1.807, 2.05) is 30.3 Å². The molecule has 3 aromatic carbocycles. The monoisotopic (exact) mass is 632 g/mol. The number of hydrogen-bond donors (Lipinski definition) is 5. The molecule has 2 atom stereocenters. The Labute approximate surface area is 261 Å². The highest BCUT2D eigenvalue weighted by Crippen LogP contribution is 2.49. The minimum absolute atomic E-state index is 0.0728. The van der Waals surface area contributed by atoms with Crippen LogP contribution in [0.5, 0.6) is 0 Å². The molecule has 5 rings (SSSR count). The summed E-state index contributed by atoms with van der Waals surface area (Å²) in [6.45, 7) is 3.35. The van der Waals surface area contributed by atoms with E-state index >= 15 is 4.39 Å². The Morgan fingerprint density at radius 2 is 1.84 bits per heavy atom. The van der Waals surface area contributed by atoms with Gasteiger partial charge < -0.3 is 25.8 Å². The standard InChI is InChI=1S/C32H33FN6O5S/c1-3-44-31(42)39-45(43)24-12-10-23(11-13-24)36-30-34-18-25(28(38-30)35-20(2)19-40)21-9-14-27(26(33)17-21)37-29(41)32(15-16-32)22-7-5-4-6-8-22/h4-14,17-18,20,40,45H,3,15-16,19H2,1-2H3,(H,37,41)(H2,34,35,36,38). The lowest BCUT2D eigenvalue weighted by molar-refractivity contribution is -0.118. The van der Waals surface area contributed by atoms with Crippen molar-refractivity contribution in [1.29, 1.82) is 0 Å². The van der Waals surface area contributed by atoms with Gasteiger partial charge in [0.1, 0.15) is 11.6 Å². The lowest BCUT2D eigenvalue weighted by Gasteiger charge is -2.18.